The van der Waals surface area contributed by atoms with Gasteiger partial charge in [0.15, 0.2) is 0 Å². The van der Waals surface area contributed by atoms with Gasteiger partial charge in [0.2, 0.25) is 0 Å². The first-order valence-electron chi connectivity index (χ1n) is 7.38. The number of aromatic nitrogens is 1. The summed E-state index contributed by atoms with van der Waals surface area (Å²) in [6.07, 6.45) is 1.49. The minimum atomic E-state index is -0.322. The van der Waals surface area contributed by atoms with Crippen LogP contribution in [-0.2, 0) is 11.3 Å². The molecule has 0 spiro atoms. The molecule has 1 N–H and O–H groups in total. The number of β-amino-alcohol motifs (C(OH)–C–C–N with tert-alkyl or cyclic N) is 1. The number of aliphatic hydroxyl groups is 1. The summed E-state index contributed by atoms with van der Waals surface area (Å²) in [7, 11) is 0. The number of rotatable bonds is 7. The Bertz CT molecular complexity index is 369. The van der Waals surface area contributed by atoms with E-state index in [9.17, 15) is 5.11 Å². The van der Waals surface area contributed by atoms with Crippen molar-refractivity contribution in [3.05, 3.63) is 30.1 Å². The van der Waals surface area contributed by atoms with Gasteiger partial charge in [-0.25, -0.2) is 0 Å². The summed E-state index contributed by atoms with van der Waals surface area (Å²) in [6.45, 7) is 8.62. The molecule has 0 saturated carbocycles. The normalized spacial score (nSPS) is 18.4. The number of nitrogens with zero attached hydrogens (tertiary/aromatic N) is 3. The zero-order valence-electron chi connectivity index (χ0n) is 12.2. The number of pyridine rings is 1. The van der Waals surface area contributed by atoms with Crippen molar-refractivity contribution in [2.24, 2.45) is 0 Å². The molecule has 0 aromatic carbocycles. The van der Waals surface area contributed by atoms with Crippen molar-refractivity contribution < 1.29 is 9.84 Å². The minimum Gasteiger partial charge on any atom is -0.390 e. The SMILES string of the molecule is CCN(Cc1ccccn1)CC(O)CN1CCOCC1. The maximum atomic E-state index is 10.2. The number of morpholine rings is 1. The van der Waals surface area contributed by atoms with E-state index in [2.05, 4.69) is 21.7 Å². The van der Waals surface area contributed by atoms with Gasteiger partial charge in [-0.2, -0.15) is 0 Å². The van der Waals surface area contributed by atoms with E-state index in [0.29, 0.717) is 6.54 Å². The van der Waals surface area contributed by atoms with E-state index in [1.54, 1.807) is 0 Å². The molecule has 5 heteroatoms. The van der Waals surface area contributed by atoms with Gasteiger partial charge in [0.25, 0.3) is 0 Å². The molecule has 1 aromatic rings. The lowest BCUT2D eigenvalue weighted by atomic mass is 10.2. The molecule has 20 heavy (non-hydrogen) atoms. The highest BCUT2D eigenvalue weighted by molar-refractivity contribution is 5.03. The number of likely N-dealkylation sites (N-methyl/N-ethyl adjacent to an activating group) is 1. The molecule has 1 unspecified atom stereocenters. The van der Waals surface area contributed by atoms with E-state index in [1.807, 2.05) is 24.4 Å². The molecule has 1 aliphatic rings. The van der Waals surface area contributed by atoms with Crippen molar-refractivity contribution in [2.45, 2.75) is 19.6 Å². The second-order valence-corrected chi connectivity index (χ2v) is 5.22. The van der Waals surface area contributed by atoms with Crippen LogP contribution in [0.25, 0.3) is 0 Å². The highest BCUT2D eigenvalue weighted by Crippen LogP contribution is 2.04. The van der Waals surface area contributed by atoms with Gasteiger partial charge >= 0.3 is 0 Å². The predicted molar refractivity (Wildman–Crippen MR) is 78.5 cm³/mol. The lowest BCUT2D eigenvalue weighted by Crippen LogP contribution is -2.44. The molecular formula is C15H25N3O2. The first kappa shape index (κ1) is 15.4. The van der Waals surface area contributed by atoms with Crippen molar-refractivity contribution in [1.82, 2.24) is 14.8 Å². The van der Waals surface area contributed by atoms with Crippen LogP contribution < -0.4 is 0 Å². The number of ether oxygens (including phenoxy) is 1. The molecule has 0 aliphatic carbocycles. The highest BCUT2D eigenvalue weighted by Gasteiger charge is 2.17. The molecule has 5 nitrogen and oxygen atoms in total. The third-order valence-corrected chi connectivity index (χ3v) is 3.60. The third-order valence-electron chi connectivity index (χ3n) is 3.60. The van der Waals surface area contributed by atoms with E-state index in [4.69, 9.17) is 4.74 Å². The topological polar surface area (TPSA) is 48.8 Å². The minimum absolute atomic E-state index is 0.322. The third kappa shape index (κ3) is 5.17. The van der Waals surface area contributed by atoms with Gasteiger partial charge in [0, 0.05) is 38.9 Å². The lowest BCUT2D eigenvalue weighted by Gasteiger charge is -2.30. The molecule has 2 rings (SSSR count). The van der Waals surface area contributed by atoms with Gasteiger partial charge in [-0.1, -0.05) is 13.0 Å². The molecule has 1 atom stereocenters. The second kappa shape index (κ2) is 8.32. The Kier molecular flexibility index (Phi) is 6.39. The van der Waals surface area contributed by atoms with Crippen molar-refractivity contribution in [2.75, 3.05) is 45.9 Å². The second-order valence-electron chi connectivity index (χ2n) is 5.22. The average molecular weight is 279 g/mol. The molecule has 1 aliphatic heterocycles. The van der Waals surface area contributed by atoms with Crippen LogP contribution in [0.5, 0.6) is 0 Å². The quantitative estimate of drug-likeness (QED) is 0.792. The maximum absolute atomic E-state index is 10.2. The summed E-state index contributed by atoms with van der Waals surface area (Å²) >= 11 is 0. The van der Waals surface area contributed by atoms with Crippen LogP contribution in [0.1, 0.15) is 12.6 Å². The zero-order valence-corrected chi connectivity index (χ0v) is 12.2. The van der Waals surface area contributed by atoms with Crippen LogP contribution in [0.3, 0.4) is 0 Å². The predicted octanol–water partition coefficient (Wildman–Crippen LogP) is 0.597. The van der Waals surface area contributed by atoms with Crippen LogP contribution in [-0.4, -0.2) is 71.9 Å². The highest BCUT2D eigenvalue weighted by atomic mass is 16.5. The van der Waals surface area contributed by atoms with E-state index >= 15 is 0 Å². The monoisotopic (exact) mass is 279 g/mol. The zero-order chi connectivity index (χ0) is 14.2. The molecule has 0 bridgehead atoms. The molecule has 112 valence electrons. The maximum Gasteiger partial charge on any atom is 0.0793 e. The van der Waals surface area contributed by atoms with Crippen LogP contribution in [0, 0.1) is 0 Å². The number of aliphatic hydroxyl groups excluding tert-OH is 1. The van der Waals surface area contributed by atoms with E-state index in [1.165, 1.54) is 0 Å². The number of hydrogen-bond acceptors (Lipinski definition) is 5. The van der Waals surface area contributed by atoms with Crippen LogP contribution in [0.15, 0.2) is 24.4 Å². The van der Waals surface area contributed by atoms with Gasteiger partial charge in [-0.05, 0) is 18.7 Å². The fourth-order valence-electron chi connectivity index (χ4n) is 2.46. The summed E-state index contributed by atoms with van der Waals surface area (Å²) in [4.78, 5) is 8.84. The molecule has 1 aromatic heterocycles. The molecule has 0 radical (unpaired) electrons. The molecule has 0 amide bonds. The molecular weight excluding hydrogens is 254 g/mol. The Morgan fingerprint density at radius 2 is 2.20 bits per heavy atom. The van der Waals surface area contributed by atoms with Crippen molar-refractivity contribution in [3.63, 3.8) is 0 Å². The summed E-state index contributed by atoms with van der Waals surface area (Å²) in [5.74, 6) is 0. The summed E-state index contributed by atoms with van der Waals surface area (Å²) < 4.78 is 5.32. The Hall–Kier alpha value is -1.01. The average Bonchev–Trinajstić information content (AvgIpc) is 2.48. The standard InChI is InChI=1S/C15H25N3O2/c1-2-17(11-14-5-3-4-6-16-14)12-15(19)13-18-7-9-20-10-8-18/h3-6,15,19H,2,7-13H2,1H3. The van der Waals surface area contributed by atoms with Gasteiger partial charge < -0.3 is 9.84 Å². The Morgan fingerprint density at radius 3 is 2.85 bits per heavy atom. The van der Waals surface area contributed by atoms with E-state index in [0.717, 1.165) is 51.6 Å². The van der Waals surface area contributed by atoms with Gasteiger partial charge in [-0.15, -0.1) is 0 Å². The van der Waals surface area contributed by atoms with Crippen LogP contribution in [0.2, 0.25) is 0 Å². The first-order chi connectivity index (χ1) is 9.78. The Balaban J connectivity index is 1.76. The molecule has 2 heterocycles. The van der Waals surface area contributed by atoms with Crippen LogP contribution in [0.4, 0.5) is 0 Å². The summed E-state index contributed by atoms with van der Waals surface area (Å²) in [6, 6.07) is 5.95. The fourth-order valence-corrected chi connectivity index (χ4v) is 2.46. The van der Waals surface area contributed by atoms with Crippen molar-refractivity contribution >= 4 is 0 Å². The Morgan fingerprint density at radius 1 is 1.40 bits per heavy atom. The van der Waals surface area contributed by atoms with Gasteiger partial charge in [0.05, 0.1) is 25.0 Å². The lowest BCUT2D eigenvalue weighted by molar-refractivity contribution is 0.00661. The van der Waals surface area contributed by atoms with E-state index in [-0.39, 0.29) is 6.10 Å². The largest absolute Gasteiger partial charge is 0.390 e. The first-order valence-corrected chi connectivity index (χ1v) is 7.38. The fraction of sp³-hybridized carbons (Fsp3) is 0.667. The number of hydrogen-bond donors (Lipinski definition) is 1. The van der Waals surface area contributed by atoms with Gasteiger partial charge in [0.1, 0.15) is 0 Å². The van der Waals surface area contributed by atoms with E-state index < -0.39 is 0 Å². The molecule has 1 fully saturated rings. The van der Waals surface area contributed by atoms with Crippen LogP contribution >= 0.6 is 0 Å². The van der Waals surface area contributed by atoms with Crippen molar-refractivity contribution in [1.29, 1.82) is 0 Å². The molecule has 1 saturated heterocycles. The summed E-state index contributed by atoms with van der Waals surface area (Å²) in [5.41, 5.74) is 1.05. The Labute approximate surface area is 121 Å². The van der Waals surface area contributed by atoms with Gasteiger partial charge in [-0.3, -0.25) is 14.8 Å². The summed E-state index contributed by atoms with van der Waals surface area (Å²) in [5, 5.41) is 10.2. The smallest absolute Gasteiger partial charge is 0.0793 e. The van der Waals surface area contributed by atoms with Crippen molar-refractivity contribution in [3.8, 4) is 0 Å².